The molecule has 0 heterocycles. The molecular weight excluding hydrogens is 256 g/mol. The number of rotatable bonds is 6. The molecule has 0 aliphatic heterocycles. The van der Waals surface area contributed by atoms with Crippen molar-refractivity contribution in [1.29, 1.82) is 0 Å². The quantitative estimate of drug-likeness (QED) is 0.745. The van der Waals surface area contributed by atoms with E-state index < -0.39 is 18.0 Å². The summed E-state index contributed by atoms with van der Waals surface area (Å²) >= 11 is 0. The van der Waals surface area contributed by atoms with Crippen molar-refractivity contribution < 1.29 is 14.7 Å². The first kappa shape index (κ1) is 16.0. The Morgan fingerprint density at radius 3 is 2.20 bits per heavy atom. The average molecular weight is 278 g/mol. The molecule has 0 radical (unpaired) electrons. The summed E-state index contributed by atoms with van der Waals surface area (Å²) in [6.07, 6.45) is 0.264. The molecule has 0 aliphatic rings. The molecule has 0 saturated carbocycles. The molecule has 1 aromatic rings. The first-order valence-electron chi connectivity index (χ1n) is 6.74. The van der Waals surface area contributed by atoms with Crippen LogP contribution in [0.15, 0.2) is 30.3 Å². The number of carbonyl (C=O) groups is 2. The number of carbonyl (C=O) groups excluding carboxylic acids is 1. The molecule has 0 aliphatic carbocycles. The Morgan fingerprint density at radius 2 is 1.70 bits per heavy atom. The van der Waals surface area contributed by atoms with Crippen LogP contribution in [0.5, 0.6) is 0 Å². The van der Waals surface area contributed by atoms with Crippen molar-refractivity contribution in [2.75, 3.05) is 0 Å². The van der Waals surface area contributed by atoms with Crippen LogP contribution in [0.2, 0.25) is 0 Å². The zero-order valence-electron chi connectivity index (χ0n) is 12.1. The van der Waals surface area contributed by atoms with Gasteiger partial charge in [0.15, 0.2) is 0 Å². The van der Waals surface area contributed by atoms with Crippen LogP contribution in [-0.2, 0) is 11.2 Å². The summed E-state index contributed by atoms with van der Waals surface area (Å²) in [6, 6.07) is 7.83. The predicted octanol–water partition coefficient (Wildman–Crippen LogP) is 2.03. The summed E-state index contributed by atoms with van der Waals surface area (Å²) in [7, 11) is 0. The molecule has 2 atom stereocenters. The molecule has 5 heteroatoms. The molecule has 110 valence electrons. The van der Waals surface area contributed by atoms with Gasteiger partial charge in [-0.3, -0.25) is 0 Å². The Hall–Kier alpha value is -2.04. The van der Waals surface area contributed by atoms with E-state index in [0.29, 0.717) is 0 Å². The summed E-state index contributed by atoms with van der Waals surface area (Å²) < 4.78 is 0. The van der Waals surface area contributed by atoms with Gasteiger partial charge in [-0.2, -0.15) is 0 Å². The van der Waals surface area contributed by atoms with Crippen molar-refractivity contribution in [3.63, 3.8) is 0 Å². The third kappa shape index (κ3) is 5.30. The topological polar surface area (TPSA) is 78.4 Å². The van der Waals surface area contributed by atoms with Gasteiger partial charge in [-0.15, -0.1) is 0 Å². The molecule has 1 aromatic carbocycles. The van der Waals surface area contributed by atoms with Gasteiger partial charge in [0.05, 0.1) is 0 Å². The molecule has 1 rings (SSSR count). The number of urea groups is 1. The van der Waals surface area contributed by atoms with E-state index in [2.05, 4.69) is 10.6 Å². The van der Waals surface area contributed by atoms with Gasteiger partial charge in [-0.05, 0) is 18.4 Å². The molecule has 0 saturated heterocycles. The highest BCUT2D eigenvalue weighted by molar-refractivity contribution is 5.82. The lowest BCUT2D eigenvalue weighted by Gasteiger charge is -2.20. The number of benzene rings is 1. The number of amides is 2. The smallest absolute Gasteiger partial charge is 0.326 e. The summed E-state index contributed by atoms with van der Waals surface area (Å²) in [5, 5.41) is 14.4. The van der Waals surface area contributed by atoms with E-state index in [1.54, 1.807) is 0 Å². The monoisotopic (exact) mass is 278 g/mol. The molecular formula is C15H22N2O3. The minimum absolute atomic E-state index is 0.0128. The van der Waals surface area contributed by atoms with E-state index >= 15 is 0 Å². The fourth-order valence-corrected chi connectivity index (χ4v) is 1.62. The van der Waals surface area contributed by atoms with Crippen molar-refractivity contribution in [2.24, 2.45) is 5.92 Å². The molecule has 0 spiro atoms. The summed E-state index contributed by atoms with van der Waals surface area (Å²) in [5.74, 6) is -0.751. The Balaban J connectivity index is 2.59. The van der Waals surface area contributed by atoms with Crippen LogP contribution >= 0.6 is 0 Å². The number of hydrogen-bond acceptors (Lipinski definition) is 2. The molecule has 20 heavy (non-hydrogen) atoms. The largest absolute Gasteiger partial charge is 0.480 e. The van der Waals surface area contributed by atoms with Crippen LogP contribution in [0.3, 0.4) is 0 Å². The van der Waals surface area contributed by atoms with Gasteiger partial charge in [-0.1, -0.05) is 44.2 Å². The van der Waals surface area contributed by atoms with Crippen molar-refractivity contribution in [3.8, 4) is 0 Å². The van der Waals surface area contributed by atoms with E-state index in [1.807, 2.05) is 51.1 Å². The van der Waals surface area contributed by atoms with Gasteiger partial charge in [-0.25, -0.2) is 9.59 Å². The van der Waals surface area contributed by atoms with E-state index in [-0.39, 0.29) is 18.4 Å². The maximum absolute atomic E-state index is 11.8. The van der Waals surface area contributed by atoms with Crippen molar-refractivity contribution in [1.82, 2.24) is 10.6 Å². The summed E-state index contributed by atoms with van der Waals surface area (Å²) in [4.78, 5) is 23.0. The number of hydrogen-bond donors (Lipinski definition) is 3. The molecule has 3 N–H and O–H groups in total. The van der Waals surface area contributed by atoms with Crippen molar-refractivity contribution in [2.45, 2.75) is 39.3 Å². The minimum Gasteiger partial charge on any atom is -0.480 e. The van der Waals surface area contributed by atoms with E-state index in [0.717, 1.165) is 5.56 Å². The van der Waals surface area contributed by atoms with Crippen LogP contribution in [0, 0.1) is 5.92 Å². The average Bonchev–Trinajstić information content (AvgIpc) is 2.38. The molecule has 0 aromatic heterocycles. The minimum atomic E-state index is -1.04. The van der Waals surface area contributed by atoms with E-state index in [9.17, 15) is 14.7 Å². The standard InChI is InChI=1S/C15H22N2O3/c1-10(2)11(3)16-15(20)17-13(14(18)19)9-12-7-5-4-6-8-12/h4-8,10-11,13H,9H2,1-3H3,(H,18,19)(H2,16,17,20). The van der Waals surface area contributed by atoms with Gasteiger partial charge in [0, 0.05) is 12.5 Å². The zero-order chi connectivity index (χ0) is 15.1. The lowest BCUT2D eigenvalue weighted by Crippen LogP contribution is -2.50. The van der Waals surface area contributed by atoms with Gasteiger partial charge in [0.1, 0.15) is 6.04 Å². The van der Waals surface area contributed by atoms with Crippen LogP contribution in [0.25, 0.3) is 0 Å². The third-order valence-electron chi connectivity index (χ3n) is 3.24. The Kier molecular flexibility index (Phi) is 6.03. The van der Waals surface area contributed by atoms with Crippen LogP contribution < -0.4 is 10.6 Å². The van der Waals surface area contributed by atoms with Gasteiger partial charge in [0.2, 0.25) is 0 Å². The second-order valence-electron chi connectivity index (χ2n) is 5.23. The Bertz CT molecular complexity index is 446. The van der Waals surface area contributed by atoms with E-state index in [1.165, 1.54) is 0 Å². The third-order valence-corrected chi connectivity index (χ3v) is 3.24. The highest BCUT2D eigenvalue weighted by Crippen LogP contribution is 2.04. The highest BCUT2D eigenvalue weighted by Gasteiger charge is 2.21. The summed E-state index contributed by atoms with van der Waals surface area (Å²) in [6.45, 7) is 5.87. The molecule has 5 nitrogen and oxygen atoms in total. The Morgan fingerprint density at radius 1 is 1.10 bits per heavy atom. The highest BCUT2D eigenvalue weighted by atomic mass is 16.4. The maximum atomic E-state index is 11.8. The van der Waals surface area contributed by atoms with Gasteiger partial charge >= 0.3 is 12.0 Å². The predicted molar refractivity (Wildman–Crippen MR) is 77.5 cm³/mol. The normalized spacial score (nSPS) is 13.6. The summed E-state index contributed by atoms with van der Waals surface area (Å²) in [5.41, 5.74) is 0.872. The lowest BCUT2D eigenvalue weighted by molar-refractivity contribution is -0.139. The van der Waals surface area contributed by atoms with E-state index in [4.69, 9.17) is 0 Å². The fourth-order valence-electron chi connectivity index (χ4n) is 1.62. The molecule has 0 bridgehead atoms. The van der Waals surface area contributed by atoms with Crippen LogP contribution in [0.4, 0.5) is 4.79 Å². The number of carboxylic acids is 1. The number of aliphatic carboxylic acids is 1. The molecule has 2 amide bonds. The fraction of sp³-hybridized carbons (Fsp3) is 0.467. The SMILES string of the molecule is CC(C)C(C)NC(=O)NC(Cc1ccccc1)C(=O)O. The van der Waals surface area contributed by atoms with Crippen LogP contribution in [-0.4, -0.2) is 29.2 Å². The van der Waals surface area contributed by atoms with Gasteiger partial charge < -0.3 is 15.7 Å². The second-order valence-corrected chi connectivity index (χ2v) is 5.23. The first-order chi connectivity index (χ1) is 9.40. The number of nitrogens with one attached hydrogen (secondary N) is 2. The molecule has 2 unspecified atom stereocenters. The van der Waals surface area contributed by atoms with Crippen molar-refractivity contribution in [3.05, 3.63) is 35.9 Å². The van der Waals surface area contributed by atoms with Gasteiger partial charge in [0.25, 0.3) is 0 Å². The van der Waals surface area contributed by atoms with Crippen molar-refractivity contribution >= 4 is 12.0 Å². The maximum Gasteiger partial charge on any atom is 0.326 e. The van der Waals surface area contributed by atoms with Crippen LogP contribution in [0.1, 0.15) is 26.3 Å². The lowest BCUT2D eigenvalue weighted by atomic mass is 10.1. The first-order valence-corrected chi connectivity index (χ1v) is 6.74. The zero-order valence-corrected chi connectivity index (χ0v) is 12.1. The number of carboxylic acid groups (broad SMARTS) is 1. The second kappa shape index (κ2) is 7.53. The Labute approximate surface area is 119 Å². The molecule has 0 fully saturated rings.